The van der Waals surface area contributed by atoms with Crippen molar-refractivity contribution >= 4 is 11.6 Å². The molecule has 1 aromatic heterocycles. The molecule has 0 spiro atoms. The summed E-state index contributed by atoms with van der Waals surface area (Å²) in [6.07, 6.45) is 0. The summed E-state index contributed by atoms with van der Waals surface area (Å²) in [4.78, 5) is 27.3. The summed E-state index contributed by atoms with van der Waals surface area (Å²) >= 11 is 0. The summed E-state index contributed by atoms with van der Waals surface area (Å²) in [7, 11) is 1.68. The summed E-state index contributed by atoms with van der Waals surface area (Å²) in [6, 6.07) is 12.1. The van der Waals surface area contributed by atoms with E-state index in [0.717, 1.165) is 11.3 Å². The molecule has 18 heavy (non-hydrogen) atoms. The largest absolute Gasteiger partial charge is 0.318 e. The summed E-state index contributed by atoms with van der Waals surface area (Å²) in [5.41, 5.74) is 1.92. The van der Waals surface area contributed by atoms with Gasteiger partial charge in [0.2, 0.25) is 5.56 Å². The van der Waals surface area contributed by atoms with Crippen LogP contribution in [-0.4, -0.2) is 17.9 Å². The van der Waals surface area contributed by atoms with Crippen LogP contribution in [0.2, 0.25) is 0 Å². The minimum Gasteiger partial charge on any atom is -0.318 e. The number of benzene rings is 1. The molecule has 92 valence electrons. The summed E-state index contributed by atoms with van der Waals surface area (Å²) in [6.45, 7) is 1.99. The minimum absolute atomic E-state index is 0.239. The van der Waals surface area contributed by atoms with Crippen molar-refractivity contribution in [1.82, 2.24) is 4.98 Å². The third-order valence-corrected chi connectivity index (χ3v) is 2.72. The molecule has 0 fully saturated rings. The lowest BCUT2D eigenvalue weighted by Crippen LogP contribution is -2.28. The fraction of sp³-hybridized carbons (Fsp3) is 0.143. The molecule has 0 saturated heterocycles. The molecule has 1 heterocycles. The highest BCUT2D eigenvalue weighted by Crippen LogP contribution is 2.15. The Labute approximate surface area is 105 Å². The predicted molar refractivity (Wildman–Crippen MR) is 71.0 cm³/mol. The first-order valence-electron chi connectivity index (χ1n) is 5.62. The average molecular weight is 242 g/mol. The van der Waals surface area contributed by atoms with Gasteiger partial charge in [-0.25, -0.2) is 0 Å². The number of nitrogens with one attached hydrogen (secondary N) is 1. The van der Waals surface area contributed by atoms with Crippen molar-refractivity contribution in [2.45, 2.75) is 6.92 Å². The molecule has 0 aliphatic heterocycles. The zero-order chi connectivity index (χ0) is 13.1. The van der Waals surface area contributed by atoms with Gasteiger partial charge in [0.25, 0.3) is 5.91 Å². The van der Waals surface area contributed by atoms with Gasteiger partial charge >= 0.3 is 0 Å². The number of aromatic nitrogens is 1. The zero-order valence-electron chi connectivity index (χ0n) is 10.3. The smallest absolute Gasteiger partial charge is 0.274 e. The van der Waals surface area contributed by atoms with Gasteiger partial charge in [0, 0.05) is 18.8 Å². The van der Waals surface area contributed by atoms with Gasteiger partial charge in [-0.05, 0) is 25.1 Å². The first-order chi connectivity index (χ1) is 8.58. The first-order valence-corrected chi connectivity index (χ1v) is 5.62. The lowest BCUT2D eigenvalue weighted by atomic mass is 10.2. The van der Waals surface area contributed by atoms with Crippen molar-refractivity contribution in [3.63, 3.8) is 0 Å². The van der Waals surface area contributed by atoms with Crippen molar-refractivity contribution in [2.75, 3.05) is 11.9 Å². The zero-order valence-corrected chi connectivity index (χ0v) is 10.3. The molecule has 1 amide bonds. The van der Waals surface area contributed by atoms with E-state index in [1.54, 1.807) is 19.2 Å². The van der Waals surface area contributed by atoms with Crippen molar-refractivity contribution in [3.05, 3.63) is 64.1 Å². The molecule has 1 aromatic carbocycles. The molecular weight excluding hydrogens is 228 g/mol. The minimum atomic E-state index is -0.279. The van der Waals surface area contributed by atoms with Crippen molar-refractivity contribution in [2.24, 2.45) is 0 Å². The van der Waals surface area contributed by atoms with E-state index in [2.05, 4.69) is 4.98 Å². The molecule has 2 aromatic rings. The monoisotopic (exact) mass is 242 g/mol. The van der Waals surface area contributed by atoms with Crippen LogP contribution in [0.25, 0.3) is 0 Å². The van der Waals surface area contributed by atoms with Gasteiger partial charge in [0.05, 0.1) is 0 Å². The van der Waals surface area contributed by atoms with E-state index in [4.69, 9.17) is 0 Å². The molecular formula is C14H14N2O2. The van der Waals surface area contributed by atoms with Crippen LogP contribution >= 0.6 is 0 Å². The van der Waals surface area contributed by atoms with Crippen LogP contribution < -0.4 is 10.5 Å². The van der Waals surface area contributed by atoms with Crippen LogP contribution in [0.15, 0.2) is 47.3 Å². The molecule has 4 heteroatoms. The number of carbonyl (C=O) groups is 1. The van der Waals surface area contributed by atoms with Gasteiger partial charge in [0.15, 0.2) is 0 Å². The van der Waals surface area contributed by atoms with E-state index in [0.29, 0.717) is 0 Å². The van der Waals surface area contributed by atoms with Crippen LogP contribution in [0.3, 0.4) is 0 Å². The maximum atomic E-state index is 12.1. The van der Waals surface area contributed by atoms with Gasteiger partial charge in [0.1, 0.15) is 5.69 Å². The van der Waals surface area contributed by atoms with Crippen molar-refractivity contribution < 1.29 is 4.79 Å². The normalized spacial score (nSPS) is 10.1. The average Bonchev–Trinajstić information content (AvgIpc) is 2.38. The van der Waals surface area contributed by atoms with Crippen LogP contribution in [0, 0.1) is 6.92 Å². The summed E-state index contributed by atoms with van der Waals surface area (Å²) in [5.74, 6) is -0.239. The summed E-state index contributed by atoms with van der Waals surface area (Å²) < 4.78 is 0. The highest BCUT2D eigenvalue weighted by molar-refractivity contribution is 6.04. The second-order valence-corrected chi connectivity index (χ2v) is 4.13. The van der Waals surface area contributed by atoms with E-state index in [-0.39, 0.29) is 17.2 Å². The molecule has 1 N–H and O–H groups in total. The third-order valence-electron chi connectivity index (χ3n) is 2.72. The Kier molecular flexibility index (Phi) is 3.28. The lowest BCUT2D eigenvalue weighted by molar-refractivity contribution is 0.0988. The van der Waals surface area contributed by atoms with Crippen molar-refractivity contribution in [3.8, 4) is 0 Å². The standard InChI is InChI=1S/C14H14N2O2/c1-10-6-8-11(9-7-10)16(2)14(18)12-4-3-5-13(17)15-12/h3-9H,1-2H3,(H,15,17). The third kappa shape index (κ3) is 2.48. The SMILES string of the molecule is Cc1ccc(N(C)C(=O)c2cccc(=O)[nH]2)cc1. The molecule has 0 aliphatic carbocycles. The van der Waals surface area contributed by atoms with Gasteiger partial charge in [-0.1, -0.05) is 23.8 Å². The second kappa shape index (κ2) is 4.87. The van der Waals surface area contributed by atoms with Crippen LogP contribution in [0.4, 0.5) is 5.69 Å². The predicted octanol–water partition coefficient (Wildman–Crippen LogP) is 1.96. The number of rotatable bonds is 2. The van der Waals surface area contributed by atoms with E-state index in [1.165, 1.54) is 11.0 Å². The molecule has 4 nitrogen and oxygen atoms in total. The molecule has 0 bridgehead atoms. The topological polar surface area (TPSA) is 53.2 Å². The highest BCUT2D eigenvalue weighted by Gasteiger charge is 2.13. The number of H-pyrrole nitrogens is 1. The quantitative estimate of drug-likeness (QED) is 0.875. The van der Waals surface area contributed by atoms with E-state index in [9.17, 15) is 9.59 Å². The number of pyridine rings is 1. The van der Waals surface area contributed by atoms with Gasteiger partial charge < -0.3 is 9.88 Å². The molecule has 0 atom stereocenters. The fourth-order valence-corrected chi connectivity index (χ4v) is 1.64. The van der Waals surface area contributed by atoms with Gasteiger partial charge in [-0.15, -0.1) is 0 Å². The number of nitrogens with zero attached hydrogens (tertiary/aromatic N) is 1. The number of aromatic amines is 1. The molecule has 0 radical (unpaired) electrons. The Bertz CT molecular complexity index is 614. The fourth-order valence-electron chi connectivity index (χ4n) is 1.64. The van der Waals surface area contributed by atoms with Crippen LogP contribution in [-0.2, 0) is 0 Å². The van der Waals surface area contributed by atoms with Crippen LogP contribution in [0.5, 0.6) is 0 Å². The molecule has 0 aliphatic rings. The number of carbonyl (C=O) groups excluding carboxylic acids is 1. The maximum Gasteiger partial charge on any atom is 0.274 e. The van der Waals surface area contributed by atoms with Gasteiger partial charge in [-0.2, -0.15) is 0 Å². The van der Waals surface area contributed by atoms with E-state index >= 15 is 0 Å². The number of hydrogen-bond acceptors (Lipinski definition) is 2. The number of amides is 1. The first kappa shape index (κ1) is 12.1. The highest BCUT2D eigenvalue weighted by atomic mass is 16.2. The Balaban J connectivity index is 2.29. The van der Waals surface area contributed by atoms with Crippen molar-refractivity contribution in [1.29, 1.82) is 0 Å². The number of aryl methyl sites for hydroxylation is 1. The summed E-state index contributed by atoms with van der Waals surface area (Å²) in [5, 5.41) is 0. The van der Waals surface area contributed by atoms with E-state index < -0.39 is 0 Å². The van der Waals surface area contributed by atoms with E-state index in [1.807, 2.05) is 31.2 Å². The number of anilines is 1. The van der Waals surface area contributed by atoms with Crippen LogP contribution in [0.1, 0.15) is 16.1 Å². The van der Waals surface area contributed by atoms with Gasteiger partial charge in [-0.3, -0.25) is 9.59 Å². The Morgan fingerprint density at radius 1 is 1.11 bits per heavy atom. The Morgan fingerprint density at radius 2 is 1.78 bits per heavy atom. The molecule has 0 unspecified atom stereocenters. The lowest BCUT2D eigenvalue weighted by Gasteiger charge is -2.17. The Morgan fingerprint density at radius 3 is 2.39 bits per heavy atom. The number of hydrogen-bond donors (Lipinski definition) is 1. The maximum absolute atomic E-state index is 12.1. The molecule has 0 saturated carbocycles. The Hall–Kier alpha value is -2.36. The second-order valence-electron chi connectivity index (χ2n) is 4.13. The molecule has 2 rings (SSSR count).